The summed E-state index contributed by atoms with van der Waals surface area (Å²) in [7, 11) is 0. The first-order valence-electron chi connectivity index (χ1n) is 5.42. The Morgan fingerprint density at radius 1 is 1.33 bits per heavy atom. The fourth-order valence-corrected chi connectivity index (χ4v) is 1.32. The molecule has 1 N–H and O–H groups in total. The van der Waals surface area contributed by atoms with Crippen molar-refractivity contribution in [3.63, 3.8) is 0 Å². The molecule has 0 aromatic carbocycles. The summed E-state index contributed by atoms with van der Waals surface area (Å²) in [6.07, 6.45) is 0. The third-order valence-electron chi connectivity index (χ3n) is 1.82. The topological polar surface area (TPSA) is 32.3 Å². The Morgan fingerprint density at radius 3 is 2.20 bits per heavy atom. The van der Waals surface area contributed by atoms with Crippen LogP contribution in [0.5, 0.6) is 0 Å². The monoisotopic (exact) mass is 212 g/mol. The van der Waals surface area contributed by atoms with Crippen molar-refractivity contribution in [1.82, 2.24) is 10.2 Å². The van der Waals surface area contributed by atoms with Gasteiger partial charge in [0.25, 0.3) is 0 Å². The maximum atomic E-state index is 11.6. The smallest absolute Gasteiger partial charge is 0.234 e. The summed E-state index contributed by atoms with van der Waals surface area (Å²) in [6, 6.07) is 0. The van der Waals surface area contributed by atoms with Crippen molar-refractivity contribution in [3.8, 4) is 0 Å². The molecular formula is C12H24N2O. The van der Waals surface area contributed by atoms with Crippen LogP contribution in [-0.4, -0.2) is 36.0 Å². The summed E-state index contributed by atoms with van der Waals surface area (Å²) in [4.78, 5) is 13.7. The SMILES string of the molecule is C=C(C)CN(CC)CC(=O)NC(C)(C)C. The summed E-state index contributed by atoms with van der Waals surface area (Å²) in [5.41, 5.74) is 0.931. The van der Waals surface area contributed by atoms with Gasteiger partial charge in [-0.2, -0.15) is 0 Å². The molecule has 3 heteroatoms. The molecule has 0 saturated heterocycles. The second-order valence-corrected chi connectivity index (χ2v) is 5.06. The number of hydrogen-bond donors (Lipinski definition) is 1. The van der Waals surface area contributed by atoms with Gasteiger partial charge in [-0.05, 0) is 34.2 Å². The third kappa shape index (κ3) is 8.18. The predicted molar refractivity (Wildman–Crippen MR) is 64.8 cm³/mol. The molecule has 0 aromatic rings. The number of carbonyl (C=O) groups is 1. The molecule has 0 radical (unpaired) electrons. The highest BCUT2D eigenvalue weighted by Gasteiger charge is 2.15. The van der Waals surface area contributed by atoms with E-state index in [4.69, 9.17) is 0 Å². The molecule has 0 aromatic heterocycles. The lowest BCUT2D eigenvalue weighted by atomic mass is 10.1. The van der Waals surface area contributed by atoms with Crippen LogP contribution in [0.2, 0.25) is 0 Å². The van der Waals surface area contributed by atoms with Crippen LogP contribution in [0.25, 0.3) is 0 Å². The fourth-order valence-electron chi connectivity index (χ4n) is 1.32. The molecule has 88 valence electrons. The maximum absolute atomic E-state index is 11.6. The van der Waals surface area contributed by atoms with E-state index in [0.29, 0.717) is 6.54 Å². The van der Waals surface area contributed by atoms with E-state index >= 15 is 0 Å². The van der Waals surface area contributed by atoms with Crippen LogP contribution in [0.1, 0.15) is 34.6 Å². The number of hydrogen-bond acceptors (Lipinski definition) is 2. The van der Waals surface area contributed by atoms with Gasteiger partial charge in [0.2, 0.25) is 5.91 Å². The largest absolute Gasteiger partial charge is 0.350 e. The Kier molecular flexibility index (Phi) is 5.58. The van der Waals surface area contributed by atoms with Crippen molar-refractivity contribution >= 4 is 5.91 Å². The van der Waals surface area contributed by atoms with Gasteiger partial charge in [-0.15, -0.1) is 0 Å². The second-order valence-electron chi connectivity index (χ2n) is 5.06. The third-order valence-corrected chi connectivity index (χ3v) is 1.82. The molecule has 0 rings (SSSR count). The first-order valence-corrected chi connectivity index (χ1v) is 5.42. The van der Waals surface area contributed by atoms with Gasteiger partial charge in [0.15, 0.2) is 0 Å². The molecule has 0 spiro atoms. The standard InChI is InChI=1S/C12H24N2O/c1-7-14(8-10(2)3)9-11(15)13-12(4,5)6/h2,7-9H2,1,3-6H3,(H,13,15). The maximum Gasteiger partial charge on any atom is 0.234 e. The van der Waals surface area contributed by atoms with Crippen LogP contribution in [0.4, 0.5) is 0 Å². The van der Waals surface area contributed by atoms with Gasteiger partial charge < -0.3 is 5.32 Å². The molecule has 0 fully saturated rings. The molecule has 0 saturated carbocycles. The second kappa shape index (κ2) is 5.91. The zero-order chi connectivity index (χ0) is 12.1. The van der Waals surface area contributed by atoms with E-state index < -0.39 is 0 Å². The van der Waals surface area contributed by atoms with Gasteiger partial charge in [0, 0.05) is 12.1 Å². The Hall–Kier alpha value is -0.830. The summed E-state index contributed by atoms with van der Waals surface area (Å²) in [6.45, 7) is 15.9. The van der Waals surface area contributed by atoms with Crippen LogP contribution in [0.3, 0.4) is 0 Å². The molecule has 3 nitrogen and oxygen atoms in total. The first kappa shape index (κ1) is 14.2. The van der Waals surface area contributed by atoms with E-state index in [-0.39, 0.29) is 11.4 Å². The average Bonchev–Trinajstić information content (AvgIpc) is 1.98. The van der Waals surface area contributed by atoms with Gasteiger partial charge in [0.1, 0.15) is 0 Å². The summed E-state index contributed by atoms with van der Waals surface area (Å²) in [5, 5.41) is 2.95. The van der Waals surface area contributed by atoms with E-state index in [9.17, 15) is 4.79 Å². The van der Waals surface area contributed by atoms with Crippen molar-refractivity contribution in [2.75, 3.05) is 19.6 Å². The number of nitrogens with one attached hydrogen (secondary N) is 1. The Labute approximate surface area is 93.5 Å². The molecule has 1 amide bonds. The van der Waals surface area contributed by atoms with E-state index in [1.54, 1.807) is 0 Å². The number of amides is 1. The van der Waals surface area contributed by atoms with E-state index in [1.165, 1.54) is 0 Å². The van der Waals surface area contributed by atoms with Crippen molar-refractivity contribution in [2.45, 2.75) is 40.2 Å². The van der Waals surface area contributed by atoms with Crippen molar-refractivity contribution in [2.24, 2.45) is 0 Å². The average molecular weight is 212 g/mol. The van der Waals surface area contributed by atoms with E-state index in [1.807, 2.05) is 34.6 Å². The number of carbonyl (C=O) groups excluding carboxylic acids is 1. The Balaban J connectivity index is 4.07. The number of nitrogens with zero attached hydrogens (tertiary/aromatic N) is 1. The summed E-state index contributed by atoms with van der Waals surface area (Å²) in [5.74, 6) is 0.0746. The van der Waals surface area contributed by atoms with Gasteiger partial charge in [-0.25, -0.2) is 0 Å². The first-order chi connectivity index (χ1) is 6.74. The Bertz CT molecular complexity index is 228. The number of rotatable bonds is 5. The molecular weight excluding hydrogens is 188 g/mol. The zero-order valence-electron chi connectivity index (χ0n) is 10.7. The molecule has 0 aliphatic rings. The summed E-state index contributed by atoms with van der Waals surface area (Å²) >= 11 is 0. The van der Waals surface area contributed by atoms with E-state index in [0.717, 1.165) is 18.7 Å². The normalized spacial score (nSPS) is 11.6. The lowest BCUT2D eigenvalue weighted by molar-refractivity contribution is -0.123. The minimum absolute atomic E-state index is 0.0746. The van der Waals surface area contributed by atoms with Gasteiger partial charge in [-0.1, -0.05) is 19.1 Å². The molecule has 15 heavy (non-hydrogen) atoms. The van der Waals surface area contributed by atoms with Crippen LogP contribution >= 0.6 is 0 Å². The van der Waals surface area contributed by atoms with Crippen LogP contribution in [0.15, 0.2) is 12.2 Å². The summed E-state index contributed by atoms with van der Waals surface area (Å²) < 4.78 is 0. The molecule has 0 atom stereocenters. The van der Waals surface area contributed by atoms with Crippen LogP contribution < -0.4 is 5.32 Å². The highest BCUT2D eigenvalue weighted by molar-refractivity contribution is 5.78. The zero-order valence-corrected chi connectivity index (χ0v) is 10.7. The minimum Gasteiger partial charge on any atom is -0.350 e. The van der Waals surface area contributed by atoms with Crippen molar-refractivity contribution in [1.29, 1.82) is 0 Å². The highest BCUT2D eigenvalue weighted by Crippen LogP contribution is 2.00. The predicted octanol–water partition coefficient (Wildman–Crippen LogP) is 1.80. The lowest BCUT2D eigenvalue weighted by Gasteiger charge is -2.24. The van der Waals surface area contributed by atoms with Crippen molar-refractivity contribution < 1.29 is 4.79 Å². The van der Waals surface area contributed by atoms with Crippen LogP contribution in [-0.2, 0) is 4.79 Å². The van der Waals surface area contributed by atoms with Gasteiger partial charge in [-0.3, -0.25) is 9.69 Å². The lowest BCUT2D eigenvalue weighted by Crippen LogP contribution is -2.46. The molecule has 0 aliphatic heterocycles. The van der Waals surface area contributed by atoms with Crippen molar-refractivity contribution in [3.05, 3.63) is 12.2 Å². The molecule has 0 bridgehead atoms. The fraction of sp³-hybridized carbons (Fsp3) is 0.750. The molecule has 0 heterocycles. The van der Waals surface area contributed by atoms with E-state index in [2.05, 4.69) is 16.8 Å². The molecule has 0 aliphatic carbocycles. The number of likely N-dealkylation sites (N-methyl/N-ethyl adjacent to an activating group) is 1. The Morgan fingerprint density at radius 2 is 1.87 bits per heavy atom. The quantitative estimate of drug-likeness (QED) is 0.705. The van der Waals surface area contributed by atoms with Crippen LogP contribution in [0, 0.1) is 0 Å². The molecule has 0 unspecified atom stereocenters. The minimum atomic E-state index is -0.153. The highest BCUT2D eigenvalue weighted by atomic mass is 16.2. The van der Waals surface area contributed by atoms with Gasteiger partial charge >= 0.3 is 0 Å². The van der Waals surface area contributed by atoms with Gasteiger partial charge in [0.05, 0.1) is 6.54 Å².